The molecule has 0 bridgehead atoms. The normalized spacial score (nSPS) is 41.6. The van der Waals surface area contributed by atoms with Gasteiger partial charge in [0.2, 0.25) is 0 Å². The van der Waals surface area contributed by atoms with E-state index < -0.39 is 0 Å². The summed E-state index contributed by atoms with van der Waals surface area (Å²) in [5.74, 6) is 2.52. The number of Topliss-reactive ketones (excluding diaryl/α,β-unsaturated/α-hetero) is 1. The predicted octanol–water partition coefficient (Wildman–Crippen LogP) is 3.84. The minimum Gasteiger partial charge on any atom is -0.465 e. The van der Waals surface area contributed by atoms with E-state index in [1.54, 1.807) is 0 Å². The quantitative estimate of drug-likeness (QED) is 0.727. The number of carbonyl (C=O) groups is 2. The van der Waals surface area contributed by atoms with Crippen molar-refractivity contribution >= 4 is 11.8 Å². The van der Waals surface area contributed by atoms with Crippen molar-refractivity contribution in [2.24, 2.45) is 29.1 Å². The van der Waals surface area contributed by atoms with Crippen LogP contribution in [0.2, 0.25) is 0 Å². The third-order valence-corrected chi connectivity index (χ3v) is 7.00. The van der Waals surface area contributed by atoms with E-state index in [4.69, 9.17) is 4.74 Å². The Labute approximate surface area is 138 Å². The Kier molecular flexibility index (Phi) is 3.70. The fraction of sp³-hybridized carbons (Fsp3) is 0.700. The molecule has 3 nitrogen and oxygen atoms in total. The molecule has 0 saturated heterocycles. The maximum absolute atomic E-state index is 12.7. The van der Waals surface area contributed by atoms with Crippen LogP contribution in [0, 0.1) is 29.1 Å². The first-order valence-corrected chi connectivity index (χ1v) is 9.15. The van der Waals surface area contributed by atoms with Gasteiger partial charge >= 0.3 is 5.97 Å². The maximum Gasteiger partial charge on any atom is 0.302 e. The van der Waals surface area contributed by atoms with Crippen LogP contribution in [0.25, 0.3) is 0 Å². The molecule has 2 fully saturated rings. The summed E-state index contributed by atoms with van der Waals surface area (Å²) in [7, 11) is 0. The van der Waals surface area contributed by atoms with Crippen LogP contribution in [0.3, 0.4) is 0 Å². The van der Waals surface area contributed by atoms with Gasteiger partial charge in [-0.05, 0) is 67.8 Å². The number of fused-ring (bicyclic) bond motifs is 5. The Bertz CT molecular complexity index is 588. The molecule has 0 aromatic carbocycles. The van der Waals surface area contributed by atoms with Crippen LogP contribution in [-0.2, 0) is 14.3 Å². The molecule has 4 aliphatic carbocycles. The summed E-state index contributed by atoms with van der Waals surface area (Å²) >= 11 is 0. The highest BCUT2D eigenvalue weighted by Crippen LogP contribution is 2.59. The Balaban J connectivity index is 1.62. The Morgan fingerprint density at radius 3 is 3.00 bits per heavy atom. The van der Waals surface area contributed by atoms with Gasteiger partial charge in [0.25, 0.3) is 0 Å². The monoisotopic (exact) mass is 314 g/mol. The van der Waals surface area contributed by atoms with Crippen LogP contribution < -0.4 is 0 Å². The van der Waals surface area contributed by atoms with E-state index >= 15 is 0 Å². The van der Waals surface area contributed by atoms with E-state index in [1.165, 1.54) is 25.3 Å². The van der Waals surface area contributed by atoms with E-state index in [2.05, 4.69) is 18.2 Å². The van der Waals surface area contributed by atoms with Crippen LogP contribution in [-0.4, -0.2) is 18.4 Å². The van der Waals surface area contributed by atoms with E-state index in [0.717, 1.165) is 31.6 Å². The number of allylic oxidation sites excluding steroid dienone is 4. The van der Waals surface area contributed by atoms with Gasteiger partial charge in [-0.1, -0.05) is 18.2 Å². The summed E-state index contributed by atoms with van der Waals surface area (Å²) in [6.45, 7) is 1.76. The molecule has 5 atom stereocenters. The summed E-state index contributed by atoms with van der Waals surface area (Å²) in [6.07, 6.45) is 14.3. The van der Waals surface area contributed by atoms with E-state index in [0.29, 0.717) is 36.6 Å². The van der Waals surface area contributed by atoms with Crippen LogP contribution >= 0.6 is 0 Å². The SMILES string of the molecule is CC(=O)OC[C@]12CC[C@H]3[C@@H](CC=C4C=CCC[C@@H]43)[C@@H]1CCC2=O. The Morgan fingerprint density at radius 1 is 1.30 bits per heavy atom. The molecule has 0 aromatic heterocycles. The lowest BCUT2D eigenvalue weighted by Crippen LogP contribution is -2.49. The van der Waals surface area contributed by atoms with Crippen LogP contribution in [0.4, 0.5) is 0 Å². The topological polar surface area (TPSA) is 43.4 Å². The summed E-state index contributed by atoms with van der Waals surface area (Å²) in [6, 6.07) is 0. The largest absolute Gasteiger partial charge is 0.465 e. The molecule has 0 radical (unpaired) electrons. The number of hydrogen-bond acceptors (Lipinski definition) is 3. The molecule has 4 rings (SSSR count). The van der Waals surface area contributed by atoms with Crippen molar-refractivity contribution in [3.8, 4) is 0 Å². The number of ether oxygens (including phenoxy) is 1. The van der Waals surface area contributed by atoms with Crippen molar-refractivity contribution in [1.82, 2.24) is 0 Å². The standard InChI is InChI=1S/C20H26O3/c1-13(21)23-12-20-11-10-16-15-5-3-2-4-14(15)6-7-17(16)18(20)8-9-19(20)22/h2,4,6,15-18H,3,5,7-12H2,1H3/t15-,16+,17+,18-,20+/m0/s1. The molecule has 0 N–H and O–H groups in total. The van der Waals surface area contributed by atoms with Gasteiger partial charge in [0.1, 0.15) is 12.4 Å². The molecular weight excluding hydrogens is 288 g/mol. The smallest absolute Gasteiger partial charge is 0.302 e. The van der Waals surface area contributed by atoms with Gasteiger partial charge in [0.05, 0.1) is 5.41 Å². The van der Waals surface area contributed by atoms with Gasteiger partial charge < -0.3 is 4.74 Å². The van der Waals surface area contributed by atoms with Gasteiger partial charge in [0, 0.05) is 13.3 Å². The molecule has 0 unspecified atom stereocenters. The number of esters is 1. The molecule has 4 aliphatic rings. The molecule has 124 valence electrons. The van der Waals surface area contributed by atoms with Gasteiger partial charge in [-0.15, -0.1) is 0 Å². The molecular formula is C20H26O3. The Morgan fingerprint density at radius 2 is 2.17 bits per heavy atom. The van der Waals surface area contributed by atoms with Crippen molar-refractivity contribution in [3.63, 3.8) is 0 Å². The zero-order valence-corrected chi connectivity index (χ0v) is 13.9. The average Bonchev–Trinajstić information content (AvgIpc) is 2.90. The minimum atomic E-state index is -0.372. The van der Waals surface area contributed by atoms with E-state index in [9.17, 15) is 9.59 Å². The third-order valence-electron chi connectivity index (χ3n) is 7.00. The fourth-order valence-electron chi connectivity index (χ4n) is 5.97. The lowest BCUT2D eigenvalue weighted by atomic mass is 9.53. The summed E-state index contributed by atoms with van der Waals surface area (Å²) in [4.78, 5) is 24.0. The molecule has 0 aromatic rings. The second kappa shape index (κ2) is 5.61. The number of ketones is 1. The van der Waals surface area contributed by atoms with Crippen LogP contribution in [0.15, 0.2) is 23.8 Å². The van der Waals surface area contributed by atoms with Crippen molar-refractivity contribution in [2.45, 2.75) is 51.9 Å². The van der Waals surface area contributed by atoms with E-state index in [-0.39, 0.29) is 11.4 Å². The molecule has 0 heterocycles. The van der Waals surface area contributed by atoms with Gasteiger partial charge in [-0.25, -0.2) is 0 Å². The maximum atomic E-state index is 12.7. The average molecular weight is 314 g/mol. The first-order valence-electron chi connectivity index (χ1n) is 9.15. The van der Waals surface area contributed by atoms with Crippen LogP contribution in [0.1, 0.15) is 51.9 Å². The van der Waals surface area contributed by atoms with Gasteiger partial charge in [-0.2, -0.15) is 0 Å². The number of rotatable bonds is 2. The lowest BCUT2D eigenvalue weighted by molar-refractivity contribution is -0.153. The van der Waals surface area contributed by atoms with Crippen molar-refractivity contribution in [3.05, 3.63) is 23.8 Å². The molecule has 2 saturated carbocycles. The molecule has 23 heavy (non-hydrogen) atoms. The first kappa shape index (κ1) is 15.2. The minimum absolute atomic E-state index is 0.261. The molecule has 0 aliphatic heterocycles. The van der Waals surface area contributed by atoms with Crippen molar-refractivity contribution in [2.75, 3.05) is 6.61 Å². The van der Waals surface area contributed by atoms with Crippen molar-refractivity contribution < 1.29 is 14.3 Å². The number of carbonyl (C=O) groups excluding carboxylic acids is 2. The fourth-order valence-corrected chi connectivity index (χ4v) is 5.97. The lowest BCUT2D eigenvalue weighted by Gasteiger charge is -2.51. The highest BCUT2D eigenvalue weighted by atomic mass is 16.5. The zero-order chi connectivity index (χ0) is 16.0. The summed E-state index contributed by atoms with van der Waals surface area (Å²) < 4.78 is 5.36. The summed E-state index contributed by atoms with van der Waals surface area (Å²) in [5, 5.41) is 0. The van der Waals surface area contributed by atoms with Gasteiger partial charge in [-0.3, -0.25) is 9.59 Å². The Hall–Kier alpha value is -1.38. The highest BCUT2D eigenvalue weighted by molar-refractivity contribution is 5.88. The highest BCUT2D eigenvalue weighted by Gasteiger charge is 2.58. The zero-order valence-electron chi connectivity index (χ0n) is 13.9. The first-order chi connectivity index (χ1) is 11.1. The molecule has 3 heteroatoms. The van der Waals surface area contributed by atoms with Crippen molar-refractivity contribution in [1.29, 1.82) is 0 Å². The third kappa shape index (κ3) is 2.31. The molecule has 0 spiro atoms. The van der Waals surface area contributed by atoms with Crippen LogP contribution in [0.5, 0.6) is 0 Å². The second-order valence-corrected chi connectivity index (χ2v) is 7.90. The van der Waals surface area contributed by atoms with Gasteiger partial charge in [0.15, 0.2) is 0 Å². The molecule has 0 amide bonds. The van der Waals surface area contributed by atoms with E-state index in [1.807, 2.05) is 0 Å². The number of hydrogen-bond donors (Lipinski definition) is 0. The predicted molar refractivity (Wildman–Crippen MR) is 87.6 cm³/mol. The summed E-state index contributed by atoms with van der Waals surface area (Å²) in [5.41, 5.74) is 1.16. The second-order valence-electron chi connectivity index (χ2n) is 7.90.